The van der Waals surface area contributed by atoms with Crippen molar-refractivity contribution in [2.45, 2.75) is 0 Å². The molecule has 0 bridgehead atoms. The topological polar surface area (TPSA) is 83.8 Å². The van der Waals surface area contributed by atoms with Gasteiger partial charge in [0.05, 0.1) is 11.9 Å². The molecule has 1 rings (SSSR count). The van der Waals surface area contributed by atoms with Crippen LogP contribution in [-0.2, 0) is 0 Å². The Kier molecular flexibility index (Phi) is 3.27. The van der Waals surface area contributed by atoms with E-state index in [0.29, 0.717) is 5.69 Å². The van der Waals surface area contributed by atoms with E-state index in [2.05, 4.69) is 15.5 Å². The Morgan fingerprint density at radius 3 is 2.90 bits per heavy atom. The van der Waals surface area contributed by atoms with Crippen LogP contribution in [0.5, 0.6) is 0 Å². The van der Waals surface area contributed by atoms with E-state index < -0.39 is 6.03 Å². The van der Waals surface area contributed by atoms with Gasteiger partial charge in [-0.25, -0.2) is 4.79 Å². The first-order chi connectivity index (χ1) is 4.29. The molecule has 0 saturated heterocycles. The molecule has 0 aliphatic carbocycles. The van der Waals surface area contributed by atoms with Crippen LogP contribution in [0.25, 0.3) is 0 Å². The van der Waals surface area contributed by atoms with E-state index in [-0.39, 0.29) is 12.4 Å². The summed E-state index contributed by atoms with van der Waals surface area (Å²) in [4.78, 5) is 10.1. The zero-order chi connectivity index (χ0) is 6.69. The molecule has 0 radical (unpaired) electrons. The van der Waals surface area contributed by atoms with Gasteiger partial charge in [-0.2, -0.15) is 5.10 Å². The zero-order valence-electron chi connectivity index (χ0n) is 5.00. The number of anilines is 1. The number of urea groups is 1. The summed E-state index contributed by atoms with van der Waals surface area (Å²) in [5.74, 6) is 0. The molecule has 2 amide bonds. The Balaban J connectivity index is 0.000000810. The van der Waals surface area contributed by atoms with Crippen molar-refractivity contribution in [3.05, 3.63) is 12.4 Å². The lowest BCUT2D eigenvalue weighted by Gasteiger charge is -1.91. The molecular formula is C4H7ClN4O. The van der Waals surface area contributed by atoms with Gasteiger partial charge in [0.1, 0.15) is 0 Å². The Morgan fingerprint density at radius 1 is 1.80 bits per heavy atom. The molecule has 0 fully saturated rings. The van der Waals surface area contributed by atoms with E-state index >= 15 is 0 Å². The third-order valence-electron chi connectivity index (χ3n) is 0.766. The lowest BCUT2D eigenvalue weighted by Crippen LogP contribution is -2.18. The molecule has 0 atom stereocenters. The maximum absolute atomic E-state index is 10.1. The molecule has 0 aliphatic heterocycles. The molecule has 5 nitrogen and oxygen atoms in total. The number of primary amides is 1. The van der Waals surface area contributed by atoms with Gasteiger partial charge < -0.3 is 11.1 Å². The van der Waals surface area contributed by atoms with E-state index in [1.165, 1.54) is 12.4 Å². The second-order valence-corrected chi connectivity index (χ2v) is 1.48. The minimum Gasteiger partial charge on any atom is -0.351 e. The summed E-state index contributed by atoms with van der Waals surface area (Å²) in [5, 5.41) is 8.42. The molecule has 56 valence electrons. The number of nitrogens with zero attached hydrogens (tertiary/aromatic N) is 1. The van der Waals surface area contributed by atoms with Gasteiger partial charge in [0.25, 0.3) is 0 Å². The number of rotatable bonds is 1. The van der Waals surface area contributed by atoms with Crippen LogP contribution in [0.3, 0.4) is 0 Å². The monoisotopic (exact) mass is 162 g/mol. The molecule has 1 aromatic heterocycles. The van der Waals surface area contributed by atoms with Crippen molar-refractivity contribution in [1.82, 2.24) is 10.2 Å². The largest absolute Gasteiger partial charge is 0.351 e. The average Bonchev–Trinajstić information content (AvgIpc) is 2.15. The fourth-order valence-corrected chi connectivity index (χ4v) is 0.462. The molecule has 0 aromatic carbocycles. The smallest absolute Gasteiger partial charge is 0.316 e. The number of carbonyl (C=O) groups is 1. The number of nitrogens with one attached hydrogen (secondary N) is 2. The van der Waals surface area contributed by atoms with Crippen molar-refractivity contribution in [1.29, 1.82) is 0 Å². The van der Waals surface area contributed by atoms with E-state index in [9.17, 15) is 4.79 Å². The third kappa shape index (κ3) is 2.36. The standard InChI is InChI=1S/C4H6N4O.ClH/c5-4(9)8-3-1-6-7-2-3;/h1-2H,(H,6,7)(H3,5,8,9);1H. The SMILES string of the molecule is Cl.NC(=O)Nc1cn[nH]c1. The van der Waals surface area contributed by atoms with Crippen molar-refractivity contribution in [2.75, 3.05) is 5.32 Å². The Bertz CT molecular complexity index is 197. The molecule has 0 saturated carbocycles. The maximum Gasteiger partial charge on any atom is 0.316 e. The number of nitrogens with two attached hydrogens (primary N) is 1. The number of hydrogen-bond acceptors (Lipinski definition) is 2. The first-order valence-corrected chi connectivity index (χ1v) is 2.34. The summed E-state index contributed by atoms with van der Waals surface area (Å²) >= 11 is 0. The summed E-state index contributed by atoms with van der Waals surface area (Å²) in [5.41, 5.74) is 5.36. The summed E-state index contributed by atoms with van der Waals surface area (Å²) in [6.45, 7) is 0. The average molecular weight is 163 g/mol. The molecular weight excluding hydrogens is 156 g/mol. The van der Waals surface area contributed by atoms with Crippen LogP contribution in [0, 0.1) is 0 Å². The fraction of sp³-hybridized carbons (Fsp3) is 0. The first-order valence-electron chi connectivity index (χ1n) is 2.34. The highest BCUT2D eigenvalue weighted by Crippen LogP contribution is 1.98. The van der Waals surface area contributed by atoms with Crippen molar-refractivity contribution < 1.29 is 4.79 Å². The number of halogens is 1. The van der Waals surface area contributed by atoms with Crippen LogP contribution in [-0.4, -0.2) is 16.2 Å². The first kappa shape index (κ1) is 8.77. The van der Waals surface area contributed by atoms with E-state index in [1.54, 1.807) is 0 Å². The second-order valence-electron chi connectivity index (χ2n) is 1.48. The second kappa shape index (κ2) is 3.73. The van der Waals surface area contributed by atoms with Gasteiger partial charge in [-0.15, -0.1) is 12.4 Å². The number of H-pyrrole nitrogens is 1. The molecule has 4 N–H and O–H groups in total. The highest BCUT2D eigenvalue weighted by Gasteiger charge is 1.93. The number of aromatic nitrogens is 2. The van der Waals surface area contributed by atoms with Crippen LogP contribution >= 0.6 is 12.4 Å². The van der Waals surface area contributed by atoms with Gasteiger partial charge in [0, 0.05) is 6.20 Å². The molecule has 0 unspecified atom stereocenters. The number of hydrogen-bond donors (Lipinski definition) is 3. The lowest BCUT2D eigenvalue weighted by molar-refractivity contribution is 0.259. The number of carbonyl (C=O) groups excluding carboxylic acids is 1. The molecule has 1 aromatic rings. The van der Waals surface area contributed by atoms with Crippen LogP contribution < -0.4 is 11.1 Å². The lowest BCUT2D eigenvalue weighted by atomic mass is 10.6. The van der Waals surface area contributed by atoms with Crippen molar-refractivity contribution in [3.8, 4) is 0 Å². The highest BCUT2D eigenvalue weighted by molar-refractivity contribution is 5.87. The number of aromatic amines is 1. The fourth-order valence-electron chi connectivity index (χ4n) is 0.462. The van der Waals surface area contributed by atoms with Gasteiger partial charge in [-0.1, -0.05) is 0 Å². The Morgan fingerprint density at radius 2 is 2.50 bits per heavy atom. The van der Waals surface area contributed by atoms with E-state index in [1.807, 2.05) is 0 Å². The summed E-state index contributed by atoms with van der Waals surface area (Å²) in [6, 6.07) is -0.587. The summed E-state index contributed by atoms with van der Waals surface area (Å²) in [7, 11) is 0. The molecule has 6 heteroatoms. The van der Waals surface area contributed by atoms with Gasteiger partial charge in [0.2, 0.25) is 0 Å². The zero-order valence-corrected chi connectivity index (χ0v) is 5.81. The quantitative estimate of drug-likeness (QED) is 0.556. The van der Waals surface area contributed by atoms with Crippen LogP contribution in [0.4, 0.5) is 10.5 Å². The van der Waals surface area contributed by atoms with E-state index in [4.69, 9.17) is 5.73 Å². The van der Waals surface area contributed by atoms with Crippen molar-refractivity contribution in [3.63, 3.8) is 0 Å². The Labute approximate surface area is 63.4 Å². The van der Waals surface area contributed by atoms with Gasteiger partial charge in [-0.3, -0.25) is 5.10 Å². The normalized spacial score (nSPS) is 8.00. The van der Waals surface area contributed by atoms with Crippen molar-refractivity contribution >= 4 is 24.1 Å². The van der Waals surface area contributed by atoms with Gasteiger partial charge in [0.15, 0.2) is 0 Å². The highest BCUT2D eigenvalue weighted by atomic mass is 35.5. The molecule has 0 aliphatic rings. The minimum atomic E-state index is -0.587. The molecule has 0 spiro atoms. The summed E-state index contributed by atoms with van der Waals surface area (Å²) in [6.07, 6.45) is 3.00. The van der Waals surface area contributed by atoms with E-state index in [0.717, 1.165) is 0 Å². The molecule has 10 heavy (non-hydrogen) atoms. The van der Waals surface area contributed by atoms with Crippen molar-refractivity contribution in [2.24, 2.45) is 5.73 Å². The van der Waals surface area contributed by atoms with Gasteiger partial charge in [-0.05, 0) is 0 Å². The Hall–Kier alpha value is -1.23. The predicted molar refractivity (Wildman–Crippen MR) is 39.0 cm³/mol. The van der Waals surface area contributed by atoms with Crippen LogP contribution in [0.15, 0.2) is 12.4 Å². The third-order valence-corrected chi connectivity index (χ3v) is 0.766. The van der Waals surface area contributed by atoms with Crippen LogP contribution in [0.2, 0.25) is 0 Å². The minimum absolute atomic E-state index is 0. The summed E-state index contributed by atoms with van der Waals surface area (Å²) < 4.78 is 0. The van der Waals surface area contributed by atoms with Crippen LogP contribution in [0.1, 0.15) is 0 Å². The van der Waals surface area contributed by atoms with Gasteiger partial charge >= 0.3 is 6.03 Å². The predicted octanol–water partition coefficient (Wildman–Crippen LogP) is 0.322. The maximum atomic E-state index is 10.1. The molecule has 1 heterocycles. The number of amides is 2.